The minimum absolute atomic E-state index is 0.0952. The molecule has 2 unspecified atom stereocenters. The first-order valence-corrected chi connectivity index (χ1v) is 16.7. The van der Waals surface area contributed by atoms with Gasteiger partial charge in [-0.25, -0.2) is 0 Å². The summed E-state index contributed by atoms with van der Waals surface area (Å²) in [6.45, 7) is 4.69. The van der Waals surface area contributed by atoms with Crippen LogP contribution in [0.15, 0.2) is 150 Å². The van der Waals surface area contributed by atoms with E-state index in [4.69, 9.17) is 10.2 Å². The molecule has 0 aliphatic heterocycles. The van der Waals surface area contributed by atoms with E-state index in [0.29, 0.717) is 0 Å². The molecule has 1 aliphatic rings. The van der Waals surface area contributed by atoms with E-state index in [0.717, 1.165) is 33.1 Å². The zero-order chi connectivity index (χ0) is 32.4. The number of hydrogen-bond donors (Lipinski definition) is 2. The molecule has 0 bridgehead atoms. The molecule has 2 atom stereocenters. The van der Waals surface area contributed by atoms with Crippen molar-refractivity contribution in [3.05, 3.63) is 173 Å². The lowest BCUT2D eigenvalue weighted by atomic mass is 9.81. The van der Waals surface area contributed by atoms with E-state index in [1.165, 1.54) is 49.4 Å². The highest BCUT2D eigenvalue weighted by atomic mass is 16.3. The van der Waals surface area contributed by atoms with Crippen LogP contribution in [-0.2, 0) is 5.41 Å². The standard InChI is InChI=1S/C45H36N2O/c1-45(2)37-18-10-16-29(42(37)35-25-31-14-6-7-15-32(31)27-38(35)45)19-22-39(47-44(46)30-12-4-3-5-13-30)33-21-23-40-36(26-33)43-34-17-9-8-11-28(34)20-24-41(43)48-40/h3-27,39,44,47H,46H2,1-2H3/b22-19+. The second-order valence-electron chi connectivity index (χ2n) is 13.5. The van der Waals surface area contributed by atoms with Gasteiger partial charge in [-0.15, -0.1) is 0 Å². The smallest absolute Gasteiger partial charge is 0.136 e. The molecule has 0 radical (unpaired) electrons. The molecule has 232 valence electrons. The molecule has 1 aliphatic carbocycles. The van der Waals surface area contributed by atoms with Gasteiger partial charge in [-0.2, -0.15) is 0 Å². The summed E-state index contributed by atoms with van der Waals surface area (Å²) in [6.07, 6.45) is 4.19. The van der Waals surface area contributed by atoms with Gasteiger partial charge in [0.15, 0.2) is 0 Å². The molecule has 3 N–H and O–H groups in total. The van der Waals surface area contributed by atoms with E-state index in [9.17, 15) is 0 Å². The van der Waals surface area contributed by atoms with E-state index < -0.39 is 0 Å². The third-order valence-corrected chi connectivity index (χ3v) is 10.3. The number of rotatable bonds is 6. The molecule has 0 spiro atoms. The molecule has 3 heteroatoms. The lowest BCUT2D eigenvalue weighted by Gasteiger charge is -2.22. The Bertz CT molecular complexity index is 2540. The highest BCUT2D eigenvalue weighted by molar-refractivity contribution is 6.18. The van der Waals surface area contributed by atoms with Crippen LogP contribution in [0.5, 0.6) is 0 Å². The van der Waals surface area contributed by atoms with Gasteiger partial charge in [0.2, 0.25) is 0 Å². The van der Waals surface area contributed by atoms with Gasteiger partial charge < -0.3 is 10.2 Å². The minimum Gasteiger partial charge on any atom is -0.456 e. The van der Waals surface area contributed by atoms with Crippen molar-refractivity contribution in [2.24, 2.45) is 5.73 Å². The maximum Gasteiger partial charge on any atom is 0.136 e. The van der Waals surface area contributed by atoms with Crippen LogP contribution < -0.4 is 11.1 Å². The van der Waals surface area contributed by atoms with Crippen molar-refractivity contribution >= 4 is 49.6 Å². The van der Waals surface area contributed by atoms with Crippen molar-refractivity contribution in [3.63, 3.8) is 0 Å². The summed E-state index contributed by atoms with van der Waals surface area (Å²) >= 11 is 0. The SMILES string of the molecule is CC1(C)c2cc3ccccc3cc2-c2c(/C=C/C(NC(N)c3ccccc3)c3ccc4oc5ccc6ccccc6c5c4c3)cccc21. The third-order valence-electron chi connectivity index (χ3n) is 10.3. The Morgan fingerprint density at radius 1 is 0.625 bits per heavy atom. The highest BCUT2D eigenvalue weighted by Gasteiger charge is 2.36. The lowest BCUT2D eigenvalue weighted by Crippen LogP contribution is -2.31. The molecule has 0 fully saturated rings. The Morgan fingerprint density at radius 3 is 2.19 bits per heavy atom. The fraction of sp³-hybridized carbons (Fsp3) is 0.111. The molecular formula is C45H36N2O. The highest BCUT2D eigenvalue weighted by Crippen LogP contribution is 2.51. The summed E-state index contributed by atoms with van der Waals surface area (Å²) in [5.74, 6) is 0. The first-order valence-electron chi connectivity index (χ1n) is 16.7. The van der Waals surface area contributed by atoms with Crippen molar-refractivity contribution in [1.82, 2.24) is 5.32 Å². The van der Waals surface area contributed by atoms with Gasteiger partial charge in [-0.1, -0.05) is 135 Å². The third kappa shape index (κ3) is 4.58. The zero-order valence-electron chi connectivity index (χ0n) is 27.1. The Kier molecular flexibility index (Phi) is 6.62. The maximum absolute atomic E-state index is 6.84. The van der Waals surface area contributed by atoms with E-state index in [1.54, 1.807) is 0 Å². The molecular weight excluding hydrogens is 585 g/mol. The molecule has 48 heavy (non-hydrogen) atoms. The summed E-state index contributed by atoms with van der Waals surface area (Å²) in [5.41, 5.74) is 17.3. The number of hydrogen-bond acceptors (Lipinski definition) is 3. The maximum atomic E-state index is 6.84. The summed E-state index contributed by atoms with van der Waals surface area (Å²) in [6, 6.07) is 49.5. The van der Waals surface area contributed by atoms with E-state index in [2.05, 4.69) is 153 Å². The van der Waals surface area contributed by atoms with Gasteiger partial charge >= 0.3 is 0 Å². The van der Waals surface area contributed by atoms with Gasteiger partial charge in [0, 0.05) is 16.2 Å². The normalized spacial score (nSPS) is 15.0. The first-order chi connectivity index (χ1) is 23.5. The summed E-state index contributed by atoms with van der Waals surface area (Å²) < 4.78 is 6.35. The van der Waals surface area contributed by atoms with Gasteiger partial charge in [0.05, 0.1) is 12.2 Å². The summed E-state index contributed by atoms with van der Waals surface area (Å²) in [5, 5.41) is 10.9. The fourth-order valence-electron chi connectivity index (χ4n) is 7.81. The average Bonchev–Trinajstić information content (AvgIpc) is 3.61. The first kappa shape index (κ1) is 28.7. The molecule has 7 aromatic carbocycles. The Labute approximate surface area is 280 Å². The van der Waals surface area contributed by atoms with Crippen LogP contribution >= 0.6 is 0 Å². The van der Waals surface area contributed by atoms with E-state index in [-0.39, 0.29) is 17.6 Å². The average molecular weight is 621 g/mol. The topological polar surface area (TPSA) is 51.2 Å². The fourth-order valence-corrected chi connectivity index (χ4v) is 7.81. The minimum atomic E-state index is -0.356. The van der Waals surface area contributed by atoms with Crippen LogP contribution in [0.2, 0.25) is 0 Å². The van der Waals surface area contributed by atoms with Gasteiger partial charge in [0.1, 0.15) is 11.2 Å². The van der Waals surface area contributed by atoms with Crippen LogP contribution in [0, 0.1) is 0 Å². The van der Waals surface area contributed by atoms with Gasteiger partial charge in [-0.05, 0) is 90.8 Å². The van der Waals surface area contributed by atoms with Crippen molar-refractivity contribution in [2.45, 2.75) is 31.5 Å². The molecule has 1 heterocycles. The Balaban J connectivity index is 1.19. The van der Waals surface area contributed by atoms with Crippen LogP contribution in [-0.4, -0.2) is 0 Å². The Hall–Kier alpha value is -5.48. The molecule has 9 rings (SSSR count). The number of fused-ring (bicyclic) bond motifs is 9. The van der Waals surface area contributed by atoms with Crippen LogP contribution in [0.1, 0.15) is 53.9 Å². The number of nitrogens with one attached hydrogen (secondary N) is 1. The van der Waals surface area contributed by atoms with Crippen molar-refractivity contribution in [1.29, 1.82) is 0 Å². The predicted molar refractivity (Wildman–Crippen MR) is 201 cm³/mol. The number of furan rings is 1. The molecule has 3 nitrogen and oxygen atoms in total. The second-order valence-corrected chi connectivity index (χ2v) is 13.5. The predicted octanol–water partition coefficient (Wildman–Crippen LogP) is 11.2. The quantitative estimate of drug-likeness (QED) is 0.182. The van der Waals surface area contributed by atoms with E-state index >= 15 is 0 Å². The largest absolute Gasteiger partial charge is 0.456 e. The monoisotopic (exact) mass is 620 g/mol. The van der Waals surface area contributed by atoms with E-state index in [1.807, 2.05) is 18.2 Å². The second kappa shape index (κ2) is 11.1. The van der Waals surface area contributed by atoms with Crippen molar-refractivity contribution in [3.8, 4) is 11.1 Å². The molecule has 0 amide bonds. The molecule has 0 saturated heterocycles. The van der Waals surface area contributed by atoms with Gasteiger partial charge in [0.25, 0.3) is 0 Å². The lowest BCUT2D eigenvalue weighted by molar-refractivity contribution is 0.509. The summed E-state index contributed by atoms with van der Waals surface area (Å²) in [7, 11) is 0. The summed E-state index contributed by atoms with van der Waals surface area (Å²) in [4.78, 5) is 0. The van der Waals surface area contributed by atoms with Crippen LogP contribution in [0.25, 0.3) is 60.7 Å². The van der Waals surface area contributed by atoms with Crippen LogP contribution in [0.4, 0.5) is 0 Å². The van der Waals surface area contributed by atoms with Crippen molar-refractivity contribution in [2.75, 3.05) is 0 Å². The van der Waals surface area contributed by atoms with Crippen LogP contribution in [0.3, 0.4) is 0 Å². The number of benzene rings is 7. The Morgan fingerprint density at radius 2 is 1.35 bits per heavy atom. The molecule has 1 aromatic heterocycles. The van der Waals surface area contributed by atoms with Gasteiger partial charge in [-0.3, -0.25) is 5.32 Å². The molecule has 0 saturated carbocycles. The van der Waals surface area contributed by atoms with Crippen molar-refractivity contribution < 1.29 is 4.42 Å². The number of nitrogens with two attached hydrogens (primary N) is 1. The zero-order valence-corrected chi connectivity index (χ0v) is 27.1. The molecule has 8 aromatic rings.